The van der Waals surface area contributed by atoms with Crippen molar-refractivity contribution < 1.29 is 24.3 Å². The molecule has 0 bridgehead atoms. The van der Waals surface area contributed by atoms with Crippen molar-refractivity contribution >= 4 is 40.0 Å². The maximum Gasteiger partial charge on any atom is 0.271 e. The zero-order valence-electron chi connectivity index (χ0n) is 13.8. The van der Waals surface area contributed by atoms with Gasteiger partial charge in [-0.15, -0.1) is 0 Å². The molecule has 2 amide bonds. The van der Waals surface area contributed by atoms with E-state index in [-0.39, 0.29) is 12.7 Å². The Morgan fingerprint density at radius 1 is 1.15 bits per heavy atom. The quantitative estimate of drug-likeness (QED) is 0.291. The summed E-state index contributed by atoms with van der Waals surface area (Å²) in [6, 6.07) is 10.0. The Bertz CT molecular complexity index is 925. The van der Waals surface area contributed by atoms with Gasteiger partial charge >= 0.3 is 0 Å². The molecule has 2 aromatic carbocycles. The van der Waals surface area contributed by atoms with Crippen LogP contribution < -0.4 is 20.4 Å². The Labute approximate surface area is 162 Å². The number of benzene rings is 2. The van der Waals surface area contributed by atoms with Crippen LogP contribution >= 0.6 is 15.9 Å². The third-order valence-corrected chi connectivity index (χ3v) is 4.26. The van der Waals surface area contributed by atoms with Crippen LogP contribution in [0.4, 0.5) is 0 Å². The van der Waals surface area contributed by atoms with E-state index in [0.29, 0.717) is 22.6 Å². The van der Waals surface area contributed by atoms with E-state index in [1.807, 2.05) is 0 Å². The van der Waals surface area contributed by atoms with E-state index in [9.17, 15) is 9.59 Å². The molecule has 8 nitrogen and oxygen atoms in total. The van der Waals surface area contributed by atoms with Gasteiger partial charge in [0.05, 0.1) is 6.21 Å². The molecule has 3 rings (SSSR count). The summed E-state index contributed by atoms with van der Waals surface area (Å²) in [5, 5.41) is 12.4. The number of ether oxygens (including phenoxy) is 2. The fourth-order valence-electron chi connectivity index (χ4n) is 2.21. The van der Waals surface area contributed by atoms with Crippen LogP contribution in [0.5, 0.6) is 11.5 Å². The van der Waals surface area contributed by atoms with Crippen molar-refractivity contribution in [3.63, 3.8) is 0 Å². The van der Waals surface area contributed by atoms with Gasteiger partial charge in [-0.25, -0.2) is 10.9 Å². The van der Waals surface area contributed by atoms with Gasteiger partial charge in [0.2, 0.25) is 6.79 Å². The number of nitrogens with one attached hydrogen (secondary N) is 2. The summed E-state index contributed by atoms with van der Waals surface area (Å²) in [6.07, 6.45) is 4.17. The van der Waals surface area contributed by atoms with Crippen molar-refractivity contribution in [3.05, 3.63) is 63.6 Å². The molecular weight excluding hydrogens is 418 g/mol. The molecule has 1 heterocycles. The summed E-state index contributed by atoms with van der Waals surface area (Å²) >= 11 is 3.41. The molecule has 27 heavy (non-hydrogen) atoms. The van der Waals surface area contributed by atoms with E-state index < -0.39 is 5.91 Å². The third-order valence-electron chi connectivity index (χ3n) is 3.57. The Morgan fingerprint density at radius 2 is 1.85 bits per heavy atom. The molecule has 0 atom stereocenters. The predicted molar refractivity (Wildman–Crippen MR) is 101 cm³/mol. The molecule has 0 fully saturated rings. The number of hydrogen-bond donors (Lipinski definition) is 3. The maximum atomic E-state index is 12.1. The number of carbonyl (C=O) groups is 2. The number of nitrogens with zero attached hydrogens (tertiary/aromatic N) is 1. The Morgan fingerprint density at radius 3 is 2.56 bits per heavy atom. The molecule has 9 heteroatoms. The van der Waals surface area contributed by atoms with E-state index >= 15 is 0 Å². The number of halogens is 1. The van der Waals surface area contributed by atoms with Crippen LogP contribution in [-0.2, 0) is 4.79 Å². The lowest BCUT2D eigenvalue weighted by atomic mass is 10.1. The molecule has 138 valence electrons. The zero-order valence-corrected chi connectivity index (χ0v) is 15.4. The summed E-state index contributed by atoms with van der Waals surface area (Å²) in [7, 11) is 0. The third kappa shape index (κ3) is 4.72. The first-order chi connectivity index (χ1) is 13.1. The minimum atomic E-state index is -0.638. The van der Waals surface area contributed by atoms with E-state index in [2.05, 4.69) is 26.5 Å². The summed E-state index contributed by atoms with van der Waals surface area (Å²) in [5.41, 5.74) is 5.76. The van der Waals surface area contributed by atoms with Crippen LogP contribution in [0.3, 0.4) is 0 Å². The highest BCUT2D eigenvalue weighted by Gasteiger charge is 2.15. The molecule has 0 saturated heterocycles. The van der Waals surface area contributed by atoms with Gasteiger partial charge in [-0.1, -0.05) is 12.1 Å². The van der Waals surface area contributed by atoms with Gasteiger partial charge in [-0.05, 0) is 51.8 Å². The van der Waals surface area contributed by atoms with Crippen molar-refractivity contribution in [2.75, 3.05) is 6.79 Å². The summed E-state index contributed by atoms with van der Waals surface area (Å²) in [4.78, 5) is 23.1. The second kappa shape index (κ2) is 8.47. The smallest absolute Gasteiger partial charge is 0.271 e. The number of hydrogen-bond acceptors (Lipinski definition) is 6. The van der Waals surface area contributed by atoms with Crippen LogP contribution in [0.15, 0.2) is 52.0 Å². The summed E-state index contributed by atoms with van der Waals surface area (Å²) in [5.74, 6) is 0.241. The largest absolute Gasteiger partial charge is 0.454 e. The SMILES string of the molecule is O=C(/C=C/c1ccc(C(=O)N/N=C/c2cc3c(cc2Br)OCO3)cc1)NO. The van der Waals surface area contributed by atoms with Gasteiger partial charge < -0.3 is 9.47 Å². The van der Waals surface area contributed by atoms with Gasteiger partial charge in [-0.3, -0.25) is 14.8 Å². The van der Waals surface area contributed by atoms with Crippen LogP contribution in [-0.4, -0.2) is 30.0 Å². The number of hydrazone groups is 1. The van der Waals surface area contributed by atoms with E-state index in [4.69, 9.17) is 14.7 Å². The normalized spacial score (nSPS) is 12.5. The molecule has 3 N–H and O–H groups in total. The lowest BCUT2D eigenvalue weighted by molar-refractivity contribution is -0.124. The maximum absolute atomic E-state index is 12.1. The highest BCUT2D eigenvalue weighted by atomic mass is 79.9. The van der Waals surface area contributed by atoms with E-state index in [0.717, 1.165) is 10.0 Å². The standard InChI is InChI=1S/C18H14BrN3O5/c19-14-8-16-15(26-10-27-16)7-13(14)9-20-21-18(24)12-4-1-11(2-5-12)3-6-17(23)22-25/h1-9,25H,10H2,(H,21,24)(H,22,23)/b6-3+,20-9+. The molecule has 0 aromatic heterocycles. The highest BCUT2D eigenvalue weighted by molar-refractivity contribution is 9.10. The highest BCUT2D eigenvalue weighted by Crippen LogP contribution is 2.36. The molecule has 1 aliphatic heterocycles. The van der Waals surface area contributed by atoms with Crippen LogP contribution in [0.1, 0.15) is 21.5 Å². The summed E-state index contributed by atoms with van der Waals surface area (Å²) < 4.78 is 11.3. The zero-order chi connectivity index (χ0) is 19.2. The average molecular weight is 432 g/mol. The number of carbonyl (C=O) groups excluding carboxylic acids is 2. The first kappa shape index (κ1) is 18.6. The average Bonchev–Trinajstić information content (AvgIpc) is 3.13. The monoisotopic (exact) mass is 431 g/mol. The second-order valence-electron chi connectivity index (χ2n) is 5.36. The minimum Gasteiger partial charge on any atom is -0.454 e. The topological polar surface area (TPSA) is 109 Å². The van der Waals surface area contributed by atoms with Crippen molar-refractivity contribution in [2.24, 2.45) is 5.10 Å². The van der Waals surface area contributed by atoms with Crippen LogP contribution in [0.2, 0.25) is 0 Å². The van der Waals surface area contributed by atoms with Gasteiger partial charge in [0.1, 0.15) is 0 Å². The Kier molecular flexibility index (Phi) is 5.84. The molecule has 0 aliphatic carbocycles. The Hall–Kier alpha value is -3.17. The number of hydroxylamine groups is 1. The summed E-state index contributed by atoms with van der Waals surface area (Å²) in [6.45, 7) is 0.176. The number of amides is 2. The van der Waals surface area contributed by atoms with Crippen LogP contribution in [0.25, 0.3) is 6.08 Å². The second-order valence-corrected chi connectivity index (χ2v) is 6.21. The molecule has 2 aromatic rings. The van der Waals surface area contributed by atoms with Crippen LogP contribution in [0, 0.1) is 0 Å². The molecule has 0 spiro atoms. The van der Waals surface area contributed by atoms with Gasteiger partial charge in [0.15, 0.2) is 11.5 Å². The van der Waals surface area contributed by atoms with Gasteiger partial charge in [-0.2, -0.15) is 5.10 Å². The fourth-order valence-corrected chi connectivity index (χ4v) is 2.64. The lowest BCUT2D eigenvalue weighted by Gasteiger charge is -2.03. The van der Waals surface area contributed by atoms with Crippen molar-refractivity contribution in [1.82, 2.24) is 10.9 Å². The molecule has 1 aliphatic rings. The fraction of sp³-hybridized carbons (Fsp3) is 0.0556. The first-order valence-corrected chi connectivity index (χ1v) is 8.51. The predicted octanol–water partition coefficient (Wildman–Crippen LogP) is 2.46. The van der Waals surface area contributed by atoms with E-state index in [1.54, 1.807) is 36.4 Å². The molecule has 0 unspecified atom stereocenters. The molecular formula is C18H14BrN3O5. The lowest BCUT2D eigenvalue weighted by Crippen LogP contribution is -2.17. The number of fused-ring (bicyclic) bond motifs is 1. The molecule has 0 radical (unpaired) electrons. The van der Waals surface area contributed by atoms with Gasteiger partial charge in [0, 0.05) is 21.7 Å². The van der Waals surface area contributed by atoms with Crippen molar-refractivity contribution in [2.45, 2.75) is 0 Å². The first-order valence-electron chi connectivity index (χ1n) is 7.71. The van der Waals surface area contributed by atoms with Crippen molar-refractivity contribution in [1.29, 1.82) is 0 Å². The molecule has 0 saturated carbocycles. The van der Waals surface area contributed by atoms with Crippen molar-refractivity contribution in [3.8, 4) is 11.5 Å². The Balaban J connectivity index is 1.61. The number of rotatable bonds is 5. The van der Waals surface area contributed by atoms with E-state index in [1.165, 1.54) is 23.8 Å². The van der Waals surface area contributed by atoms with Gasteiger partial charge in [0.25, 0.3) is 11.8 Å². The minimum absolute atomic E-state index is 0.176.